The van der Waals surface area contributed by atoms with E-state index in [0.717, 1.165) is 15.4 Å². The Morgan fingerprint density at radius 1 is 1.52 bits per heavy atom. The van der Waals surface area contributed by atoms with E-state index < -0.39 is 0 Å². The number of nitrogens with one attached hydrogen (secondary N) is 2. The lowest BCUT2D eigenvalue weighted by Crippen LogP contribution is -2.49. The molecule has 1 saturated heterocycles. The van der Waals surface area contributed by atoms with E-state index in [1.807, 2.05) is 24.3 Å². The predicted molar refractivity (Wildman–Crippen MR) is 83.6 cm³/mol. The molecular weight excluding hydrogens is 308 g/mol. The molecule has 1 aliphatic rings. The fourth-order valence-corrected chi connectivity index (χ4v) is 3.28. The second-order valence-corrected chi connectivity index (χ2v) is 6.27. The van der Waals surface area contributed by atoms with Crippen molar-refractivity contribution in [1.82, 2.24) is 15.2 Å². The fourth-order valence-electron chi connectivity index (χ4n) is 2.12. The van der Waals surface area contributed by atoms with E-state index in [0.29, 0.717) is 11.4 Å². The van der Waals surface area contributed by atoms with Crippen molar-refractivity contribution in [1.29, 1.82) is 5.41 Å². The SMILES string of the molecule is CN1C(=N)N[C@H](c2ncc(-c3cccc(Cl)c3)s2)CC1=O. The van der Waals surface area contributed by atoms with Crippen LogP contribution in [0.2, 0.25) is 5.02 Å². The smallest absolute Gasteiger partial charge is 0.231 e. The Balaban J connectivity index is 1.85. The second-order valence-electron chi connectivity index (χ2n) is 4.78. The number of guanidine groups is 1. The lowest BCUT2D eigenvalue weighted by atomic mass is 10.1. The number of thiazole rings is 1. The van der Waals surface area contributed by atoms with Gasteiger partial charge in [-0.2, -0.15) is 0 Å². The maximum absolute atomic E-state index is 11.8. The van der Waals surface area contributed by atoms with Gasteiger partial charge >= 0.3 is 0 Å². The van der Waals surface area contributed by atoms with E-state index in [4.69, 9.17) is 17.0 Å². The summed E-state index contributed by atoms with van der Waals surface area (Å²) in [6, 6.07) is 7.33. The third-order valence-electron chi connectivity index (χ3n) is 3.33. The van der Waals surface area contributed by atoms with Crippen LogP contribution in [0.25, 0.3) is 10.4 Å². The molecule has 0 bridgehead atoms. The average Bonchev–Trinajstić information content (AvgIpc) is 2.94. The molecule has 3 rings (SSSR count). The highest BCUT2D eigenvalue weighted by Crippen LogP contribution is 2.32. The van der Waals surface area contributed by atoms with Crippen molar-refractivity contribution >= 4 is 34.8 Å². The largest absolute Gasteiger partial charge is 0.346 e. The first-order valence-corrected chi connectivity index (χ1v) is 7.57. The maximum atomic E-state index is 11.8. The molecule has 1 amide bonds. The Kier molecular flexibility index (Phi) is 3.65. The van der Waals surface area contributed by atoms with Gasteiger partial charge in [-0.05, 0) is 17.7 Å². The van der Waals surface area contributed by atoms with E-state index in [1.54, 1.807) is 13.2 Å². The van der Waals surface area contributed by atoms with Crippen LogP contribution in [0.3, 0.4) is 0 Å². The standard InChI is InChI=1S/C14H13ClN4OS/c1-19-12(20)6-10(18-14(19)16)13-17-7-11(21-13)8-3-2-4-9(15)5-8/h2-5,7,10H,6H2,1H3,(H2,16,18)/t10-/m0/s1. The number of nitrogens with zero attached hydrogens (tertiary/aromatic N) is 2. The van der Waals surface area contributed by atoms with Gasteiger partial charge in [0.2, 0.25) is 5.91 Å². The molecule has 1 atom stereocenters. The minimum Gasteiger partial charge on any atom is -0.346 e. The van der Waals surface area contributed by atoms with Gasteiger partial charge in [-0.1, -0.05) is 23.7 Å². The summed E-state index contributed by atoms with van der Waals surface area (Å²) in [4.78, 5) is 18.5. The highest BCUT2D eigenvalue weighted by molar-refractivity contribution is 7.15. The molecule has 1 aromatic carbocycles. The zero-order valence-electron chi connectivity index (χ0n) is 11.3. The molecule has 2 heterocycles. The lowest BCUT2D eigenvalue weighted by molar-refractivity contribution is -0.128. The second kappa shape index (κ2) is 5.46. The molecular formula is C14H13ClN4OS. The van der Waals surface area contributed by atoms with Crippen molar-refractivity contribution < 1.29 is 4.79 Å². The molecule has 7 heteroatoms. The summed E-state index contributed by atoms with van der Waals surface area (Å²) in [5, 5.41) is 12.2. The number of benzene rings is 1. The molecule has 0 radical (unpaired) electrons. The van der Waals surface area contributed by atoms with Gasteiger partial charge in [0.05, 0.1) is 17.3 Å². The summed E-state index contributed by atoms with van der Waals surface area (Å²) >= 11 is 7.50. The lowest BCUT2D eigenvalue weighted by Gasteiger charge is -2.29. The molecule has 0 unspecified atom stereocenters. The normalized spacial score (nSPS) is 18.8. The summed E-state index contributed by atoms with van der Waals surface area (Å²) in [5.74, 6) is 0.0269. The Hall–Kier alpha value is -1.92. The van der Waals surface area contributed by atoms with E-state index in [-0.39, 0.29) is 17.9 Å². The number of hydrogen-bond acceptors (Lipinski definition) is 4. The maximum Gasteiger partial charge on any atom is 0.231 e. The quantitative estimate of drug-likeness (QED) is 0.894. The van der Waals surface area contributed by atoms with Crippen molar-refractivity contribution in [3.05, 3.63) is 40.5 Å². The highest BCUT2D eigenvalue weighted by Gasteiger charge is 2.29. The Morgan fingerprint density at radius 3 is 3.05 bits per heavy atom. The van der Waals surface area contributed by atoms with Crippen LogP contribution in [0.1, 0.15) is 17.5 Å². The Morgan fingerprint density at radius 2 is 2.33 bits per heavy atom. The summed E-state index contributed by atoms with van der Waals surface area (Å²) in [5.41, 5.74) is 1.00. The Bertz CT molecular complexity index is 697. The van der Waals surface area contributed by atoms with Crippen LogP contribution in [0.15, 0.2) is 30.5 Å². The van der Waals surface area contributed by atoms with Crippen LogP contribution in [0.5, 0.6) is 0 Å². The van der Waals surface area contributed by atoms with Gasteiger partial charge in [0.25, 0.3) is 0 Å². The van der Waals surface area contributed by atoms with Gasteiger partial charge < -0.3 is 5.32 Å². The third kappa shape index (κ3) is 2.77. The Labute approximate surface area is 131 Å². The van der Waals surface area contributed by atoms with E-state index in [9.17, 15) is 4.79 Å². The van der Waals surface area contributed by atoms with Crippen molar-refractivity contribution in [3.63, 3.8) is 0 Å². The zero-order valence-corrected chi connectivity index (χ0v) is 12.8. The number of amides is 1. The van der Waals surface area contributed by atoms with Crippen LogP contribution in [0, 0.1) is 5.41 Å². The first kappa shape index (κ1) is 14.0. The first-order chi connectivity index (χ1) is 10.0. The average molecular weight is 321 g/mol. The van der Waals surface area contributed by atoms with Crippen LogP contribution in [0.4, 0.5) is 0 Å². The molecule has 0 spiro atoms. The molecule has 1 aromatic heterocycles. The highest BCUT2D eigenvalue weighted by atomic mass is 35.5. The molecule has 5 nitrogen and oxygen atoms in total. The van der Waals surface area contributed by atoms with Crippen molar-refractivity contribution in [2.24, 2.45) is 0 Å². The van der Waals surface area contributed by atoms with Gasteiger partial charge in [-0.3, -0.25) is 15.1 Å². The topological polar surface area (TPSA) is 69.1 Å². The summed E-state index contributed by atoms with van der Waals surface area (Å²) < 4.78 is 0. The number of halogens is 1. The summed E-state index contributed by atoms with van der Waals surface area (Å²) in [6.45, 7) is 0. The van der Waals surface area contributed by atoms with E-state index in [2.05, 4.69) is 10.3 Å². The molecule has 0 aliphatic carbocycles. The third-order valence-corrected chi connectivity index (χ3v) is 4.73. The number of carbonyl (C=O) groups is 1. The summed E-state index contributed by atoms with van der Waals surface area (Å²) in [6.07, 6.45) is 2.08. The van der Waals surface area contributed by atoms with Crippen LogP contribution in [-0.4, -0.2) is 28.8 Å². The van der Waals surface area contributed by atoms with Gasteiger partial charge in [0.1, 0.15) is 5.01 Å². The number of aromatic nitrogens is 1. The zero-order chi connectivity index (χ0) is 15.0. The van der Waals surface area contributed by atoms with Gasteiger partial charge in [-0.25, -0.2) is 4.98 Å². The molecule has 2 N–H and O–H groups in total. The first-order valence-electron chi connectivity index (χ1n) is 6.38. The minimum atomic E-state index is -0.237. The van der Waals surface area contributed by atoms with Gasteiger partial charge in [0.15, 0.2) is 5.96 Å². The molecule has 1 aliphatic heterocycles. The molecule has 1 fully saturated rings. The van der Waals surface area contributed by atoms with Crippen LogP contribution in [-0.2, 0) is 4.79 Å². The monoisotopic (exact) mass is 320 g/mol. The van der Waals surface area contributed by atoms with Gasteiger partial charge in [-0.15, -0.1) is 11.3 Å². The van der Waals surface area contributed by atoms with Crippen molar-refractivity contribution in [2.75, 3.05) is 7.05 Å². The summed E-state index contributed by atoms with van der Waals surface area (Å²) in [7, 11) is 1.59. The van der Waals surface area contributed by atoms with Crippen LogP contribution < -0.4 is 5.32 Å². The van der Waals surface area contributed by atoms with Gasteiger partial charge in [0, 0.05) is 18.3 Å². The molecule has 2 aromatic rings. The minimum absolute atomic E-state index is 0.0803. The molecule has 108 valence electrons. The van der Waals surface area contributed by atoms with Crippen molar-refractivity contribution in [2.45, 2.75) is 12.5 Å². The number of hydrogen-bond donors (Lipinski definition) is 2. The molecule has 0 saturated carbocycles. The fraction of sp³-hybridized carbons (Fsp3) is 0.214. The molecule has 21 heavy (non-hydrogen) atoms. The van der Waals surface area contributed by atoms with E-state index in [1.165, 1.54) is 16.2 Å². The number of carbonyl (C=O) groups excluding carboxylic acids is 1. The number of rotatable bonds is 2. The van der Waals surface area contributed by atoms with Crippen LogP contribution >= 0.6 is 22.9 Å². The van der Waals surface area contributed by atoms with E-state index >= 15 is 0 Å². The van der Waals surface area contributed by atoms with Crippen molar-refractivity contribution in [3.8, 4) is 10.4 Å². The predicted octanol–water partition coefficient (Wildman–Crippen LogP) is 2.89.